The standard InChI is InChI=1S/C11H19N3O/c1-5-9(7-12)6-10-8(2)13-14(3)11(10)15-4/h6H,5,7,12H2,1-4H3. The molecule has 0 radical (unpaired) electrons. The zero-order valence-corrected chi connectivity index (χ0v) is 9.87. The number of nitrogens with two attached hydrogens (primary N) is 1. The minimum atomic E-state index is 0.577. The molecule has 0 amide bonds. The number of methoxy groups -OCH3 is 1. The van der Waals surface area contributed by atoms with E-state index in [1.165, 1.54) is 5.57 Å². The van der Waals surface area contributed by atoms with Crippen molar-refractivity contribution in [2.75, 3.05) is 13.7 Å². The summed E-state index contributed by atoms with van der Waals surface area (Å²) in [5, 5.41) is 4.31. The molecule has 0 unspecified atom stereocenters. The molecule has 2 N–H and O–H groups in total. The first kappa shape index (κ1) is 11.8. The molecular formula is C11H19N3O. The third kappa shape index (κ3) is 2.39. The highest BCUT2D eigenvalue weighted by atomic mass is 16.5. The molecule has 4 nitrogen and oxygen atoms in total. The number of nitrogens with zero attached hydrogens (tertiary/aromatic N) is 2. The largest absolute Gasteiger partial charge is 0.481 e. The maximum Gasteiger partial charge on any atom is 0.218 e. The minimum Gasteiger partial charge on any atom is -0.481 e. The van der Waals surface area contributed by atoms with Gasteiger partial charge in [0.25, 0.3) is 0 Å². The summed E-state index contributed by atoms with van der Waals surface area (Å²) in [5.41, 5.74) is 8.84. The zero-order chi connectivity index (χ0) is 11.4. The highest BCUT2D eigenvalue weighted by molar-refractivity contribution is 5.60. The van der Waals surface area contributed by atoms with Gasteiger partial charge in [-0.05, 0) is 19.4 Å². The predicted molar refractivity (Wildman–Crippen MR) is 61.8 cm³/mol. The van der Waals surface area contributed by atoms with Crippen molar-refractivity contribution >= 4 is 6.08 Å². The van der Waals surface area contributed by atoms with Crippen LogP contribution in [-0.4, -0.2) is 23.4 Å². The van der Waals surface area contributed by atoms with Gasteiger partial charge >= 0.3 is 0 Å². The Morgan fingerprint density at radius 3 is 2.73 bits per heavy atom. The van der Waals surface area contributed by atoms with E-state index in [1.54, 1.807) is 11.8 Å². The van der Waals surface area contributed by atoms with Crippen molar-refractivity contribution in [3.63, 3.8) is 0 Å². The fraction of sp³-hybridized carbons (Fsp3) is 0.545. The number of rotatable bonds is 4. The van der Waals surface area contributed by atoms with Gasteiger partial charge in [0.2, 0.25) is 5.88 Å². The molecule has 0 saturated heterocycles. The SMILES string of the molecule is CCC(=Cc1c(C)nn(C)c1OC)CN. The van der Waals surface area contributed by atoms with E-state index in [2.05, 4.69) is 18.1 Å². The lowest BCUT2D eigenvalue weighted by atomic mass is 10.1. The molecule has 1 heterocycles. The summed E-state index contributed by atoms with van der Waals surface area (Å²) in [6, 6.07) is 0. The summed E-state index contributed by atoms with van der Waals surface area (Å²) in [4.78, 5) is 0. The van der Waals surface area contributed by atoms with Crippen LogP contribution in [0.2, 0.25) is 0 Å². The quantitative estimate of drug-likeness (QED) is 0.817. The molecule has 0 atom stereocenters. The van der Waals surface area contributed by atoms with Crippen molar-refractivity contribution in [2.45, 2.75) is 20.3 Å². The Hall–Kier alpha value is -1.29. The van der Waals surface area contributed by atoms with Gasteiger partial charge in [0, 0.05) is 13.6 Å². The van der Waals surface area contributed by atoms with Crippen LogP contribution in [0.15, 0.2) is 5.57 Å². The molecule has 0 saturated carbocycles. The first-order valence-corrected chi connectivity index (χ1v) is 5.11. The van der Waals surface area contributed by atoms with Crippen molar-refractivity contribution in [1.29, 1.82) is 0 Å². The van der Waals surface area contributed by atoms with E-state index in [9.17, 15) is 0 Å². The fourth-order valence-electron chi connectivity index (χ4n) is 1.57. The van der Waals surface area contributed by atoms with Crippen LogP contribution in [0.5, 0.6) is 5.88 Å². The fourth-order valence-corrected chi connectivity index (χ4v) is 1.57. The van der Waals surface area contributed by atoms with Crippen LogP contribution in [0.25, 0.3) is 6.08 Å². The molecule has 0 aliphatic rings. The van der Waals surface area contributed by atoms with E-state index < -0.39 is 0 Å². The molecule has 0 aliphatic heterocycles. The van der Waals surface area contributed by atoms with Crippen LogP contribution in [0.1, 0.15) is 24.6 Å². The lowest BCUT2D eigenvalue weighted by Gasteiger charge is -2.03. The molecule has 4 heteroatoms. The summed E-state index contributed by atoms with van der Waals surface area (Å²) in [6.45, 7) is 4.64. The molecule has 0 bridgehead atoms. The van der Waals surface area contributed by atoms with Crippen molar-refractivity contribution < 1.29 is 4.74 Å². The molecule has 84 valence electrons. The molecule has 0 aromatic carbocycles. The van der Waals surface area contributed by atoms with Crippen LogP contribution >= 0.6 is 0 Å². The third-order valence-corrected chi connectivity index (χ3v) is 2.47. The van der Waals surface area contributed by atoms with Gasteiger partial charge in [-0.1, -0.05) is 12.5 Å². The predicted octanol–water partition coefficient (Wildman–Crippen LogP) is 1.49. The second kappa shape index (κ2) is 4.98. The van der Waals surface area contributed by atoms with E-state index in [0.29, 0.717) is 6.54 Å². The van der Waals surface area contributed by atoms with Gasteiger partial charge in [-0.3, -0.25) is 0 Å². The average molecular weight is 209 g/mol. The molecular weight excluding hydrogens is 190 g/mol. The van der Waals surface area contributed by atoms with Gasteiger partial charge in [0.05, 0.1) is 18.4 Å². The Kier molecular flexibility index (Phi) is 3.91. The number of hydrogen-bond donors (Lipinski definition) is 1. The van der Waals surface area contributed by atoms with Gasteiger partial charge in [-0.2, -0.15) is 5.10 Å². The first-order chi connectivity index (χ1) is 7.13. The number of hydrogen-bond acceptors (Lipinski definition) is 3. The summed E-state index contributed by atoms with van der Waals surface area (Å²) < 4.78 is 7.04. The van der Waals surface area contributed by atoms with Crippen LogP contribution in [0, 0.1) is 6.92 Å². The van der Waals surface area contributed by atoms with Crippen molar-refractivity contribution in [3.05, 3.63) is 16.8 Å². The Morgan fingerprint density at radius 2 is 2.27 bits per heavy atom. The maximum atomic E-state index is 5.64. The van der Waals surface area contributed by atoms with E-state index in [0.717, 1.165) is 23.6 Å². The lowest BCUT2D eigenvalue weighted by molar-refractivity contribution is 0.372. The molecule has 0 spiro atoms. The highest BCUT2D eigenvalue weighted by Crippen LogP contribution is 2.24. The molecule has 1 aromatic rings. The van der Waals surface area contributed by atoms with Gasteiger partial charge in [0.15, 0.2) is 0 Å². The third-order valence-electron chi connectivity index (χ3n) is 2.47. The van der Waals surface area contributed by atoms with Crippen LogP contribution in [0.3, 0.4) is 0 Å². The zero-order valence-electron chi connectivity index (χ0n) is 9.87. The van der Waals surface area contributed by atoms with Gasteiger partial charge in [-0.25, -0.2) is 4.68 Å². The number of aryl methyl sites for hydroxylation is 2. The van der Waals surface area contributed by atoms with Crippen molar-refractivity contribution in [1.82, 2.24) is 9.78 Å². The van der Waals surface area contributed by atoms with Gasteiger partial charge in [-0.15, -0.1) is 0 Å². The van der Waals surface area contributed by atoms with Crippen molar-refractivity contribution in [2.24, 2.45) is 12.8 Å². The van der Waals surface area contributed by atoms with Crippen LogP contribution in [0.4, 0.5) is 0 Å². The second-order valence-electron chi connectivity index (χ2n) is 3.49. The monoisotopic (exact) mass is 209 g/mol. The average Bonchev–Trinajstić information content (AvgIpc) is 2.49. The molecule has 15 heavy (non-hydrogen) atoms. The lowest BCUT2D eigenvalue weighted by Crippen LogP contribution is -2.02. The Bertz CT molecular complexity index is 360. The summed E-state index contributed by atoms with van der Waals surface area (Å²) in [6.07, 6.45) is 3.02. The van der Waals surface area contributed by atoms with Gasteiger partial charge < -0.3 is 10.5 Å². The topological polar surface area (TPSA) is 53.1 Å². The molecule has 1 rings (SSSR count). The van der Waals surface area contributed by atoms with E-state index >= 15 is 0 Å². The van der Waals surface area contributed by atoms with E-state index in [1.807, 2.05) is 14.0 Å². The first-order valence-electron chi connectivity index (χ1n) is 5.11. The summed E-state index contributed by atoms with van der Waals surface area (Å²) >= 11 is 0. The second-order valence-corrected chi connectivity index (χ2v) is 3.49. The molecule has 0 aliphatic carbocycles. The highest BCUT2D eigenvalue weighted by Gasteiger charge is 2.11. The maximum absolute atomic E-state index is 5.64. The smallest absolute Gasteiger partial charge is 0.218 e. The minimum absolute atomic E-state index is 0.577. The van der Waals surface area contributed by atoms with Crippen molar-refractivity contribution in [3.8, 4) is 5.88 Å². The summed E-state index contributed by atoms with van der Waals surface area (Å²) in [5.74, 6) is 0.784. The van der Waals surface area contributed by atoms with E-state index in [-0.39, 0.29) is 0 Å². The van der Waals surface area contributed by atoms with Crippen LogP contribution in [-0.2, 0) is 7.05 Å². The Morgan fingerprint density at radius 1 is 1.60 bits per heavy atom. The Balaban J connectivity index is 3.18. The molecule has 0 fully saturated rings. The normalized spacial score (nSPS) is 11.9. The number of aromatic nitrogens is 2. The Labute approximate surface area is 90.7 Å². The van der Waals surface area contributed by atoms with E-state index in [4.69, 9.17) is 10.5 Å². The molecule has 1 aromatic heterocycles. The summed E-state index contributed by atoms with van der Waals surface area (Å²) in [7, 11) is 3.53. The van der Waals surface area contributed by atoms with Crippen LogP contribution < -0.4 is 10.5 Å². The number of ether oxygens (including phenoxy) is 1. The van der Waals surface area contributed by atoms with Gasteiger partial charge in [0.1, 0.15) is 0 Å².